The first-order valence-electron chi connectivity index (χ1n) is 9.08. The molecule has 2 heterocycles. The first-order chi connectivity index (χ1) is 13.7. The van der Waals surface area contributed by atoms with Gasteiger partial charge in [0.2, 0.25) is 5.82 Å². The van der Waals surface area contributed by atoms with Crippen molar-refractivity contribution in [2.75, 3.05) is 0 Å². The molecule has 0 bridgehead atoms. The number of fused-ring (bicyclic) bond motifs is 1. The summed E-state index contributed by atoms with van der Waals surface area (Å²) in [6, 6.07) is 14.0. The number of aromatic nitrogens is 5. The van der Waals surface area contributed by atoms with Gasteiger partial charge >= 0.3 is 0 Å². The van der Waals surface area contributed by atoms with Gasteiger partial charge in [0.1, 0.15) is 0 Å². The first kappa shape index (κ1) is 17.3. The quantitative estimate of drug-likeness (QED) is 0.495. The highest BCUT2D eigenvalue weighted by molar-refractivity contribution is 9.10. The summed E-state index contributed by atoms with van der Waals surface area (Å²) >= 11 is 3.46. The van der Waals surface area contributed by atoms with Crippen LogP contribution < -0.4 is 5.73 Å². The number of hydrogen-bond donors (Lipinski definition) is 2. The molecule has 7 nitrogen and oxygen atoms in total. The van der Waals surface area contributed by atoms with Gasteiger partial charge in [-0.1, -0.05) is 39.3 Å². The summed E-state index contributed by atoms with van der Waals surface area (Å²) in [6.07, 6.45) is 3.15. The molecule has 1 unspecified atom stereocenters. The minimum atomic E-state index is 0.113. The predicted molar refractivity (Wildman–Crippen MR) is 108 cm³/mol. The molecule has 0 saturated heterocycles. The predicted octanol–water partition coefficient (Wildman–Crippen LogP) is 4.29. The largest absolute Gasteiger partial charge is 0.334 e. The van der Waals surface area contributed by atoms with Gasteiger partial charge in [0.05, 0.1) is 0 Å². The van der Waals surface area contributed by atoms with Gasteiger partial charge in [-0.15, -0.1) is 0 Å². The lowest BCUT2D eigenvalue weighted by molar-refractivity contribution is 0.431. The Kier molecular flexibility index (Phi) is 4.29. The zero-order valence-corrected chi connectivity index (χ0v) is 16.5. The fourth-order valence-electron chi connectivity index (χ4n) is 3.54. The van der Waals surface area contributed by atoms with E-state index in [2.05, 4.69) is 53.4 Å². The molecule has 8 heteroatoms. The van der Waals surface area contributed by atoms with Gasteiger partial charge in [-0.3, -0.25) is 5.10 Å². The van der Waals surface area contributed by atoms with Crippen LogP contribution in [0.2, 0.25) is 0 Å². The number of benzene rings is 2. The second-order valence-electron chi connectivity index (χ2n) is 6.85. The average Bonchev–Trinajstić information content (AvgIpc) is 3.38. The SMILES string of the molecule is NC1CCCc2cc(-c3nc(-c4nc(-c5cccc(Br)c5)n[nH]4)no3)ccc21. The van der Waals surface area contributed by atoms with Gasteiger partial charge in [0, 0.05) is 21.6 Å². The topological polar surface area (TPSA) is 107 Å². The van der Waals surface area contributed by atoms with E-state index in [0.717, 1.165) is 34.9 Å². The molecule has 0 fully saturated rings. The first-order valence-corrected chi connectivity index (χ1v) is 9.88. The third-order valence-corrected chi connectivity index (χ3v) is 5.45. The molecule has 0 aliphatic heterocycles. The van der Waals surface area contributed by atoms with E-state index in [1.54, 1.807) is 0 Å². The van der Waals surface area contributed by atoms with Crippen molar-refractivity contribution in [3.05, 3.63) is 58.1 Å². The Labute approximate surface area is 169 Å². The number of nitrogens with two attached hydrogens (primary N) is 1. The standard InChI is InChI=1S/C20H17BrN6O/c21-14-5-1-4-12(10-14)17-23-18(26-25-17)19-24-20(28-27-19)13-7-8-15-11(9-13)3-2-6-16(15)22/h1,4-5,7-10,16H,2-3,6,22H2,(H,23,25,26). The summed E-state index contributed by atoms with van der Waals surface area (Å²) in [7, 11) is 0. The lowest BCUT2D eigenvalue weighted by atomic mass is 9.87. The molecule has 4 aromatic rings. The van der Waals surface area contributed by atoms with E-state index in [9.17, 15) is 0 Å². The van der Waals surface area contributed by atoms with Crippen molar-refractivity contribution < 1.29 is 4.52 Å². The van der Waals surface area contributed by atoms with Gasteiger partial charge in [0.15, 0.2) is 11.6 Å². The maximum Gasteiger partial charge on any atom is 0.258 e. The van der Waals surface area contributed by atoms with Crippen LogP contribution in [0.1, 0.15) is 30.0 Å². The molecule has 0 saturated carbocycles. The van der Waals surface area contributed by atoms with Crippen molar-refractivity contribution in [2.24, 2.45) is 5.73 Å². The number of H-pyrrole nitrogens is 1. The molecule has 1 aliphatic carbocycles. The van der Waals surface area contributed by atoms with E-state index < -0.39 is 0 Å². The van der Waals surface area contributed by atoms with Crippen LogP contribution in [0.5, 0.6) is 0 Å². The van der Waals surface area contributed by atoms with Crippen LogP contribution in [0.15, 0.2) is 51.5 Å². The molecular formula is C20H17BrN6O. The summed E-state index contributed by atoms with van der Waals surface area (Å²) in [5.41, 5.74) is 10.5. The van der Waals surface area contributed by atoms with Crippen LogP contribution >= 0.6 is 15.9 Å². The Bertz CT molecular complexity index is 1150. The van der Waals surface area contributed by atoms with Gasteiger partial charge < -0.3 is 10.3 Å². The number of nitrogens with zero attached hydrogens (tertiary/aromatic N) is 4. The molecule has 0 spiro atoms. The van der Waals surface area contributed by atoms with Crippen molar-refractivity contribution >= 4 is 15.9 Å². The summed E-state index contributed by atoms with van der Waals surface area (Å²) in [5.74, 6) is 1.87. The Hall–Kier alpha value is -2.84. The molecule has 0 amide bonds. The van der Waals surface area contributed by atoms with E-state index in [4.69, 9.17) is 10.3 Å². The molecule has 1 atom stereocenters. The Morgan fingerprint density at radius 3 is 2.89 bits per heavy atom. The number of nitrogens with one attached hydrogen (secondary N) is 1. The third kappa shape index (κ3) is 3.14. The van der Waals surface area contributed by atoms with E-state index in [1.807, 2.05) is 30.3 Å². The van der Waals surface area contributed by atoms with Gasteiger partial charge in [0.25, 0.3) is 5.89 Å². The van der Waals surface area contributed by atoms with Crippen LogP contribution in [0.4, 0.5) is 0 Å². The second kappa shape index (κ2) is 6.96. The van der Waals surface area contributed by atoms with Gasteiger partial charge in [-0.25, -0.2) is 4.98 Å². The Balaban J connectivity index is 1.44. The highest BCUT2D eigenvalue weighted by Crippen LogP contribution is 2.31. The molecule has 0 radical (unpaired) electrons. The van der Waals surface area contributed by atoms with Gasteiger partial charge in [-0.05, 0) is 54.7 Å². The van der Waals surface area contributed by atoms with Gasteiger partial charge in [-0.2, -0.15) is 10.1 Å². The summed E-state index contributed by atoms with van der Waals surface area (Å²) in [6.45, 7) is 0. The number of hydrogen-bond acceptors (Lipinski definition) is 6. The fraction of sp³-hybridized carbons (Fsp3) is 0.200. The molecule has 1 aliphatic rings. The molecular weight excluding hydrogens is 420 g/mol. The van der Waals surface area contributed by atoms with Crippen LogP contribution in [0.3, 0.4) is 0 Å². The minimum Gasteiger partial charge on any atom is -0.334 e. The normalized spacial score (nSPS) is 16.1. The van der Waals surface area contributed by atoms with Crippen LogP contribution in [0.25, 0.3) is 34.5 Å². The fourth-order valence-corrected chi connectivity index (χ4v) is 3.94. The number of aryl methyl sites for hydroxylation is 1. The number of halogens is 1. The zero-order valence-electron chi connectivity index (χ0n) is 14.9. The van der Waals surface area contributed by atoms with Crippen molar-refractivity contribution in [3.8, 4) is 34.5 Å². The third-order valence-electron chi connectivity index (χ3n) is 4.96. The van der Waals surface area contributed by atoms with Crippen molar-refractivity contribution in [1.29, 1.82) is 0 Å². The molecule has 5 rings (SSSR count). The maximum absolute atomic E-state index is 6.20. The summed E-state index contributed by atoms with van der Waals surface area (Å²) in [4.78, 5) is 8.98. The Morgan fingerprint density at radius 1 is 1.07 bits per heavy atom. The summed E-state index contributed by atoms with van der Waals surface area (Å²) in [5, 5.41) is 11.2. The molecule has 3 N–H and O–H groups in total. The number of rotatable bonds is 3. The van der Waals surface area contributed by atoms with Crippen LogP contribution in [-0.4, -0.2) is 25.3 Å². The monoisotopic (exact) mass is 436 g/mol. The maximum atomic E-state index is 6.20. The van der Waals surface area contributed by atoms with Crippen LogP contribution in [-0.2, 0) is 6.42 Å². The summed E-state index contributed by atoms with van der Waals surface area (Å²) < 4.78 is 6.43. The average molecular weight is 437 g/mol. The Morgan fingerprint density at radius 2 is 2.00 bits per heavy atom. The van der Waals surface area contributed by atoms with E-state index >= 15 is 0 Å². The van der Waals surface area contributed by atoms with E-state index in [-0.39, 0.29) is 6.04 Å². The highest BCUT2D eigenvalue weighted by Gasteiger charge is 2.20. The second-order valence-corrected chi connectivity index (χ2v) is 7.77. The van der Waals surface area contributed by atoms with Crippen LogP contribution in [0, 0.1) is 0 Å². The highest BCUT2D eigenvalue weighted by atomic mass is 79.9. The number of aromatic amines is 1. The van der Waals surface area contributed by atoms with Crippen molar-refractivity contribution in [1.82, 2.24) is 25.3 Å². The lowest BCUT2D eigenvalue weighted by Crippen LogP contribution is -2.17. The van der Waals surface area contributed by atoms with E-state index in [1.165, 1.54) is 11.1 Å². The minimum absolute atomic E-state index is 0.113. The van der Waals surface area contributed by atoms with Crippen molar-refractivity contribution in [2.45, 2.75) is 25.3 Å². The van der Waals surface area contributed by atoms with E-state index in [0.29, 0.717) is 23.4 Å². The molecule has 2 aromatic carbocycles. The van der Waals surface area contributed by atoms with Crippen molar-refractivity contribution in [3.63, 3.8) is 0 Å². The molecule has 2 aromatic heterocycles. The zero-order chi connectivity index (χ0) is 19.1. The smallest absolute Gasteiger partial charge is 0.258 e. The molecule has 140 valence electrons. The lowest BCUT2D eigenvalue weighted by Gasteiger charge is -2.22. The molecule has 28 heavy (non-hydrogen) atoms.